The van der Waals surface area contributed by atoms with Gasteiger partial charge in [-0.05, 0) is 135 Å². The number of allylic oxidation sites excluding steroid dienone is 2. The van der Waals surface area contributed by atoms with Gasteiger partial charge in [0, 0.05) is 112 Å². The van der Waals surface area contributed by atoms with Crippen molar-refractivity contribution in [3.05, 3.63) is 113 Å². The largest absolute Gasteiger partial charge is 0.508 e. The molecule has 0 saturated carbocycles. The number of nitrogens with one attached hydrogen (secondary N) is 10. The van der Waals surface area contributed by atoms with Crippen LogP contribution in [0.2, 0.25) is 0 Å². The normalized spacial score (nSPS) is 26.5. The minimum absolute atomic E-state index is 0.00350. The van der Waals surface area contributed by atoms with Gasteiger partial charge in [-0.25, -0.2) is 0 Å². The molecule has 0 aliphatic carbocycles. The fourth-order valence-electron chi connectivity index (χ4n) is 17.3. The van der Waals surface area contributed by atoms with E-state index in [1.54, 1.807) is 41.9 Å². The number of hydrogen-bond acceptors (Lipinski definition) is 25. The molecule has 7 heterocycles. The summed E-state index contributed by atoms with van der Waals surface area (Å²) >= 11 is 2.11. The molecule has 0 spiro atoms. The number of carbonyl (C=O) groups excluding carboxylic acids is 17. The molecule has 16 amide bonds. The number of nitrogens with two attached hydrogens (primary N) is 4. The van der Waals surface area contributed by atoms with Gasteiger partial charge in [-0.2, -0.15) is 0 Å². The van der Waals surface area contributed by atoms with Gasteiger partial charge in [0.15, 0.2) is 5.78 Å². The van der Waals surface area contributed by atoms with Crippen molar-refractivity contribution in [2.45, 2.75) is 219 Å². The van der Waals surface area contributed by atoms with Gasteiger partial charge >= 0.3 is 5.97 Å². The molecule has 5 aromatic rings. The maximum Gasteiger partial charge on any atom is 0.305 e. The van der Waals surface area contributed by atoms with Crippen LogP contribution in [0, 0.1) is 5.92 Å². The van der Waals surface area contributed by atoms with Crippen LogP contribution in [-0.4, -0.2) is 312 Å². The second kappa shape index (κ2) is 48.6. The highest BCUT2D eigenvalue weighted by atomic mass is 32.2. The highest BCUT2D eigenvalue weighted by Gasteiger charge is 2.47. The van der Waals surface area contributed by atoms with E-state index in [4.69, 9.17) is 22.9 Å². The van der Waals surface area contributed by atoms with Crippen LogP contribution in [0.15, 0.2) is 96.5 Å². The molecule has 2 aromatic heterocycles. The lowest BCUT2D eigenvalue weighted by molar-refractivity contribution is -0.149. The van der Waals surface area contributed by atoms with Crippen LogP contribution < -0.4 is 70.8 Å². The minimum atomic E-state index is -1.90. The van der Waals surface area contributed by atoms with Crippen LogP contribution in [0.25, 0.3) is 21.0 Å². The fraction of sp³-hybridized carbons (Fsp3) is 0.528. The summed E-state index contributed by atoms with van der Waals surface area (Å²) in [6.07, 6.45) is 3.83. The smallest absolute Gasteiger partial charge is 0.305 e. The zero-order valence-corrected chi connectivity index (χ0v) is 75.2. The summed E-state index contributed by atoms with van der Waals surface area (Å²) in [4.78, 5) is 270. The Morgan fingerprint density at radius 3 is 1.72 bits per heavy atom. The molecule has 0 radical (unpaired) electrons. The number of H-pyrrole nitrogens is 1. The number of piperidine rings is 1. The first-order chi connectivity index (χ1) is 63.2. The van der Waals surface area contributed by atoms with Crippen LogP contribution in [0.4, 0.5) is 0 Å². The van der Waals surface area contributed by atoms with Gasteiger partial charge in [0.2, 0.25) is 94.5 Å². The van der Waals surface area contributed by atoms with E-state index < -0.39 is 273 Å². The average Bonchev–Trinajstić information content (AvgIpc) is 1.70. The molecule has 22 N–H and O–H groups in total. The molecule has 43 heteroatoms. The number of aromatic amines is 1. The van der Waals surface area contributed by atoms with Gasteiger partial charge in [0.1, 0.15) is 78.3 Å². The lowest BCUT2D eigenvalue weighted by Gasteiger charge is -2.38. The number of likely N-dealkylation sites (N-methyl/N-ethyl adjacent to an activating group) is 2. The van der Waals surface area contributed by atoms with Crippen molar-refractivity contribution < 1.29 is 107 Å². The number of carboxylic acid groups (broad SMARTS) is 1. The average molecular weight is 1870 g/mol. The number of nitrogens with zero attached hydrogens (tertiary/aromatic N) is 5. The Balaban J connectivity index is 1.00. The summed E-state index contributed by atoms with van der Waals surface area (Å²) in [7, 11) is 2.71. The molecule has 0 unspecified atom stereocenters. The highest BCUT2D eigenvalue weighted by molar-refractivity contribution is 8.00. The lowest BCUT2D eigenvalue weighted by atomic mass is 9.90. The zero-order chi connectivity index (χ0) is 95.6. The third-order valence-corrected chi connectivity index (χ3v) is 26.5. The number of para-hydroxylation sites is 1. The first kappa shape index (κ1) is 102. The molecule has 5 aliphatic heterocycles. The Morgan fingerprint density at radius 1 is 0.523 bits per heavy atom. The number of carbonyl (C=O) groups is 18. The molecule has 5 aliphatic rings. The fourth-order valence-corrected chi connectivity index (χ4v) is 19.1. The first-order valence-electron chi connectivity index (χ1n) is 44.3. The SMILES string of the molecule is CN1C(=O)[C@H](Cc2csc3ccccc23)NC(=O)[C@H](CO)NC(=O)[C@H](Cc2c[nH]c3ccccc23)CC(=O)[C@@H]2C[C@@H](O)CN2C(=O)[C@H](CCC(N)=O)NC(=O)[C@H](CN)NC(=O)[C@@H]2CCCN2C(=O)[C@H](CC(=O)O)NC(=O)[C@@H]2CCCCN2C(=O)[C@H](Cc2ccc(O)cc2)NC(=O)CSC[C@@H](C(=O)NCC(N)=O)NC(=O)[C@H](CN)NC(=O)[C@@H]2CCCCC=CCCCC[C@H]1C(=O)N2C. The Hall–Kier alpha value is -12.5. The number of primary amides is 2. The van der Waals surface area contributed by atoms with Gasteiger partial charge < -0.3 is 121 Å². The third kappa shape index (κ3) is 27.4. The zero-order valence-electron chi connectivity index (χ0n) is 73.6. The molecule has 41 nitrogen and oxygen atoms in total. The Morgan fingerprint density at radius 2 is 1.07 bits per heavy atom. The number of aromatic hydroxyl groups is 1. The van der Waals surface area contributed by atoms with Crippen molar-refractivity contribution in [1.82, 2.24) is 77.3 Å². The molecule has 3 aromatic carbocycles. The second-order valence-electron chi connectivity index (χ2n) is 33.9. The van der Waals surface area contributed by atoms with Gasteiger partial charge in [-0.1, -0.05) is 73.5 Å². The monoisotopic (exact) mass is 1870 g/mol. The van der Waals surface area contributed by atoms with Crippen molar-refractivity contribution in [3.8, 4) is 5.75 Å². The van der Waals surface area contributed by atoms with E-state index in [1.807, 2.05) is 30.4 Å². The van der Waals surface area contributed by atoms with Crippen molar-refractivity contribution in [3.63, 3.8) is 0 Å². The standard InChI is InChI=1S/C89H119N19O22S2/c1-104-66-21-9-7-5-3-4-6-8-10-23-69(89(104)130)105(2)85(126)60(36-52-46-132-72-25-14-12-19-56(52)72)98-81(122)64(45-109)102-77(118)50(35-51-42-94-57-20-13-11-18-55(51)57)37-71(112)70-38-54(111)44-108(70)86(127)58(30-31-73(92)113)97-79(120)62(40-90)101-84(125)68-24-17-33-107(68)88(129)61(39-76(116)117)99-83(124)67-22-15-16-32-106(67)87(128)59(34-49-26-28-53(110)29-27-49)96-75(115)48-131-47-65(78(119)95-43-74(93)114)103-80(121)63(41-91)100-82(66)123/h3-4,11-14,18-20,25-29,42,46,50,54,58-70,94,109-111H,5-10,15-17,21-24,30-41,43-45,47-48,90-91H2,1-2H3,(H2,92,113)(H2,93,114)(H,95,119)(H,96,115)(H,97,120)(H,98,122)(H,99,124)(H,100,123)(H,101,125)(H,102,118)(H,103,121)(H,116,117)/t50-,54-,58+,59+,60+,61+,62+,63+,64+,65+,66+,67+,68+,69+,70+/m1/s1. The maximum atomic E-state index is 15.8. The van der Waals surface area contributed by atoms with Gasteiger partial charge in [0.25, 0.3) is 0 Å². The van der Waals surface area contributed by atoms with Crippen LogP contribution in [0.5, 0.6) is 5.75 Å². The topological polar surface area (TPSA) is 633 Å². The number of Topliss-reactive ketones (excluding diaryl/α,β-unsaturated/α-hetero) is 1. The number of fused-ring (bicyclic) bond motifs is 8. The number of phenols is 1. The number of thioether (sulfide) groups is 1. The van der Waals surface area contributed by atoms with E-state index >= 15 is 38.4 Å². The molecule has 15 atom stereocenters. The van der Waals surface area contributed by atoms with Gasteiger partial charge in [-0.3, -0.25) is 86.3 Å². The maximum absolute atomic E-state index is 15.8. The van der Waals surface area contributed by atoms with E-state index in [1.165, 1.54) is 49.7 Å². The lowest BCUT2D eigenvalue weighted by Crippen LogP contribution is -2.61. The quantitative estimate of drug-likeness (QED) is 0.0420. The van der Waals surface area contributed by atoms with E-state index in [9.17, 15) is 68.4 Å². The number of benzene rings is 3. The molecule has 4 saturated heterocycles. The number of carboxylic acids is 1. The molecule has 714 valence electrons. The minimum Gasteiger partial charge on any atom is -0.508 e. The molecular weight excluding hydrogens is 1750 g/mol. The first-order valence-corrected chi connectivity index (χ1v) is 46.4. The second-order valence-corrected chi connectivity index (χ2v) is 35.8. The molecule has 2 bridgehead atoms. The Kier molecular flexibility index (Phi) is 37.5. The predicted octanol–water partition coefficient (Wildman–Crippen LogP) is -2.75. The summed E-state index contributed by atoms with van der Waals surface area (Å²) in [5.74, 6) is -20.3. The molecule has 10 rings (SSSR count). The number of rotatable bonds is 17. The number of thiophene rings is 1. The third-order valence-electron chi connectivity index (χ3n) is 24.4. The number of aliphatic hydroxyl groups excluding tert-OH is 2. The summed E-state index contributed by atoms with van der Waals surface area (Å²) in [6.45, 7) is -3.91. The number of phenolic OH excluding ortho intramolecular Hbond substituents is 1. The Bertz CT molecular complexity index is 5070. The Labute approximate surface area is 769 Å². The van der Waals surface area contributed by atoms with E-state index in [-0.39, 0.29) is 70.2 Å². The van der Waals surface area contributed by atoms with E-state index in [2.05, 4.69) is 52.8 Å². The van der Waals surface area contributed by atoms with Crippen LogP contribution >= 0.6 is 23.1 Å². The van der Waals surface area contributed by atoms with E-state index in [0.717, 1.165) is 41.0 Å². The van der Waals surface area contributed by atoms with Crippen LogP contribution in [0.1, 0.15) is 132 Å². The molecule has 4 fully saturated rings. The van der Waals surface area contributed by atoms with Crippen LogP contribution in [-0.2, 0) is 106 Å². The van der Waals surface area contributed by atoms with Gasteiger partial charge in [0.05, 0.1) is 37.5 Å². The molecular formula is C89H119N19O22S2. The summed E-state index contributed by atoms with van der Waals surface area (Å²) in [5.41, 5.74) is 25.6. The van der Waals surface area contributed by atoms with Crippen molar-refractivity contribution in [1.29, 1.82) is 0 Å². The van der Waals surface area contributed by atoms with E-state index in [0.29, 0.717) is 84.3 Å². The van der Waals surface area contributed by atoms with Crippen molar-refractivity contribution >= 4 is 150 Å². The van der Waals surface area contributed by atoms with Gasteiger partial charge in [-0.15, -0.1) is 23.1 Å². The van der Waals surface area contributed by atoms with Crippen LogP contribution in [0.3, 0.4) is 0 Å². The van der Waals surface area contributed by atoms with Crippen molar-refractivity contribution in [2.75, 3.05) is 71.5 Å². The highest BCUT2D eigenvalue weighted by Crippen LogP contribution is 2.32. The number of aromatic nitrogens is 1. The number of hydrogen-bond donors (Lipinski definition) is 18. The molecule has 132 heavy (non-hydrogen) atoms. The number of amides is 16. The number of aliphatic hydroxyl groups is 2. The number of aliphatic carboxylic acids is 1. The van der Waals surface area contributed by atoms with Crippen molar-refractivity contribution in [2.24, 2.45) is 28.9 Å². The summed E-state index contributed by atoms with van der Waals surface area (Å²) in [6, 6.07) is -0.881. The number of ketones is 1. The predicted molar refractivity (Wildman–Crippen MR) is 483 cm³/mol. The summed E-state index contributed by atoms with van der Waals surface area (Å²) < 4.78 is 0.810. The summed E-state index contributed by atoms with van der Waals surface area (Å²) in [5, 5.41) is 69.3.